The first-order valence-corrected chi connectivity index (χ1v) is 12.7. The van der Waals surface area contributed by atoms with E-state index in [1.54, 1.807) is 0 Å². The number of amides is 4. The van der Waals surface area contributed by atoms with Crippen LogP contribution in [-0.2, 0) is 19.2 Å². The molecule has 226 valence electrons. The fourth-order valence-electron chi connectivity index (χ4n) is 3.17. The van der Waals surface area contributed by atoms with Crippen molar-refractivity contribution in [3.63, 3.8) is 0 Å². The van der Waals surface area contributed by atoms with Gasteiger partial charge in [-0.25, -0.2) is 0 Å². The standard InChI is InChI=1S/C24H44N10O6/c25-15(11-23(39)31-7-5-19(27)28)9-17(35)13-33-21(37)3-1-2-4-22(38)34-14-18(36)10-16(26)12-24(40)32-8-6-20(29)30/h1-4,15-18,35-36H,5-14,25-26H2,(H3,27,28)(H3,29,30)(H,31,39)(H,32,40)(H,33,37)(H,34,38)/b3-1-,4-2+. The van der Waals surface area contributed by atoms with E-state index in [1.165, 1.54) is 12.2 Å². The number of amidine groups is 2. The summed E-state index contributed by atoms with van der Waals surface area (Å²) in [6.45, 7) is 0.275. The van der Waals surface area contributed by atoms with Gasteiger partial charge in [0, 0.05) is 76.1 Å². The van der Waals surface area contributed by atoms with E-state index in [9.17, 15) is 29.4 Å². The Morgan fingerprint density at radius 1 is 0.675 bits per heavy atom. The van der Waals surface area contributed by atoms with Crippen molar-refractivity contribution in [3.05, 3.63) is 24.3 Å². The summed E-state index contributed by atoms with van der Waals surface area (Å²) in [5.74, 6) is -1.78. The smallest absolute Gasteiger partial charge is 0.244 e. The van der Waals surface area contributed by atoms with Crippen LogP contribution in [0.4, 0.5) is 0 Å². The molecule has 40 heavy (non-hydrogen) atoms. The summed E-state index contributed by atoms with van der Waals surface area (Å²) >= 11 is 0. The van der Waals surface area contributed by atoms with Crippen molar-refractivity contribution >= 4 is 35.3 Å². The number of nitrogens with two attached hydrogens (primary N) is 4. The summed E-state index contributed by atoms with van der Waals surface area (Å²) < 4.78 is 0. The summed E-state index contributed by atoms with van der Waals surface area (Å²) in [5.41, 5.74) is 22.1. The molecule has 0 aromatic carbocycles. The predicted molar refractivity (Wildman–Crippen MR) is 150 cm³/mol. The minimum atomic E-state index is -0.973. The van der Waals surface area contributed by atoms with E-state index >= 15 is 0 Å². The van der Waals surface area contributed by atoms with Crippen LogP contribution < -0.4 is 44.2 Å². The Hall–Kier alpha value is -3.86. The maximum absolute atomic E-state index is 11.9. The SMILES string of the molecule is N=C(N)CCNC(=O)CC(N)CC(O)CNC(=O)/C=C\C=C\C(=O)NCC(O)CC(N)CC(=O)NCCC(=N)N. The lowest BCUT2D eigenvalue weighted by Gasteiger charge is -2.16. The Balaban J connectivity index is 4.14. The topological polar surface area (TPSA) is 309 Å². The lowest BCUT2D eigenvalue weighted by atomic mass is 10.1. The number of carbonyl (C=O) groups excluding carboxylic acids is 4. The van der Waals surface area contributed by atoms with E-state index in [0.29, 0.717) is 0 Å². The number of aliphatic hydroxyl groups is 2. The summed E-state index contributed by atoms with van der Waals surface area (Å²) in [6, 6.07) is -1.25. The van der Waals surface area contributed by atoms with Gasteiger partial charge in [-0.1, -0.05) is 12.2 Å². The Labute approximate surface area is 233 Å². The van der Waals surface area contributed by atoms with Crippen LogP contribution in [0.2, 0.25) is 0 Å². The van der Waals surface area contributed by atoms with E-state index in [4.69, 9.17) is 33.8 Å². The second-order valence-corrected chi connectivity index (χ2v) is 9.17. The molecule has 4 atom stereocenters. The Bertz CT molecular complexity index is 839. The highest BCUT2D eigenvalue weighted by Gasteiger charge is 2.16. The molecule has 4 amide bonds. The van der Waals surface area contributed by atoms with Crippen LogP contribution in [0.5, 0.6) is 0 Å². The van der Waals surface area contributed by atoms with Gasteiger partial charge in [-0.05, 0) is 12.8 Å². The van der Waals surface area contributed by atoms with Gasteiger partial charge in [0.25, 0.3) is 0 Å². The van der Waals surface area contributed by atoms with Crippen molar-refractivity contribution in [3.8, 4) is 0 Å². The van der Waals surface area contributed by atoms with Gasteiger partial charge in [-0.15, -0.1) is 0 Å². The first kappa shape index (κ1) is 36.1. The minimum Gasteiger partial charge on any atom is -0.391 e. The molecular formula is C24H44N10O6. The third-order valence-corrected chi connectivity index (χ3v) is 5.11. The molecule has 0 aliphatic heterocycles. The van der Waals surface area contributed by atoms with Gasteiger partial charge >= 0.3 is 0 Å². The molecule has 0 radical (unpaired) electrons. The predicted octanol–water partition coefficient (Wildman–Crippen LogP) is -3.85. The molecule has 0 bridgehead atoms. The molecular weight excluding hydrogens is 524 g/mol. The van der Waals surface area contributed by atoms with Crippen LogP contribution in [0.1, 0.15) is 38.5 Å². The van der Waals surface area contributed by atoms with Crippen molar-refractivity contribution in [2.24, 2.45) is 22.9 Å². The number of rotatable bonds is 21. The van der Waals surface area contributed by atoms with Gasteiger partial charge in [0.2, 0.25) is 23.6 Å². The summed E-state index contributed by atoms with van der Waals surface area (Å²) in [5, 5.41) is 44.3. The third-order valence-electron chi connectivity index (χ3n) is 5.11. The van der Waals surface area contributed by atoms with Gasteiger partial charge in [0.15, 0.2) is 0 Å². The molecule has 0 saturated carbocycles. The van der Waals surface area contributed by atoms with E-state index in [1.807, 2.05) is 0 Å². The van der Waals surface area contributed by atoms with E-state index in [0.717, 1.165) is 12.2 Å². The summed E-state index contributed by atoms with van der Waals surface area (Å²) in [7, 11) is 0. The first-order chi connectivity index (χ1) is 18.8. The van der Waals surface area contributed by atoms with Gasteiger partial charge < -0.3 is 54.4 Å². The molecule has 4 unspecified atom stereocenters. The van der Waals surface area contributed by atoms with Crippen LogP contribution in [0.3, 0.4) is 0 Å². The third kappa shape index (κ3) is 22.2. The van der Waals surface area contributed by atoms with Crippen molar-refractivity contribution in [1.29, 1.82) is 10.8 Å². The quantitative estimate of drug-likeness (QED) is 0.0277. The molecule has 0 spiro atoms. The molecule has 0 aliphatic rings. The molecule has 0 rings (SSSR count). The van der Waals surface area contributed by atoms with E-state index in [2.05, 4.69) is 21.3 Å². The highest BCUT2D eigenvalue weighted by molar-refractivity contribution is 5.89. The average Bonchev–Trinajstić information content (AvgIpc) is 2.83. The second kappa shape index (κ2) is 21.0. The zero-order valence-corrected chi connectivity index (χ0v) is 22.5. The number of nitrogens with one attached hydrogen (secondary N) is 6. The van der Waals surface area contributed by atoms with Crippen LogP contribution in [-0.4, -0.2) is 96.0 Å². The Kier molecular flexibility index (Phi) is 19.0. The van der Waals surface area contributed by atoms with Crippen molar-refractivity contribution < 1.29 is 29.4 Å². The fourth-order valence-corrected chi connectivity index (χ4v) is 3.17. The molecule has 0 aromatic rings. The largest absolute Gasteiger partial charge is 0.391 e. The number of allylic oxidation sites excluding steroid dienone is 2. The molecule has 16 heteroatoms. The van der Waals surface area contributed by atoms with Crippen LogP contribution in [0.25, 0.3) is 0 Å². The van der Waals surface area contributed by atoms with Gasteiger partial charge in [0.1, 0.15) is 0 Å². The van der Waals surface area contributed by atoms with Crippen molar-refractivity contribution in [2.45, 2.75) is 62.8 Å². The molecule has 0 aliphatic carbocycles. The minimum absolute atomic E-state index is 0.0279. The maximum atomic E-state index is 11.9. The summed E-state index contributed by atoms with van der Waals surface area (Å²) in [6.07, 6.45) is 3.54. The Morgan fingerprint density at radius 2 is 1.02 bits per heavy atom. The molecule has 0 fully saturated rings. The van der Waals surface area contributed by atoms with Gasteiger partial charge in [-0.3, -0.25) is 30.0 Å². The normalized spacial score (nSPS) is 14.2. The van der Waals surface area contributed by atoms with Crippen molar-refractivity contribution in [1.82, 2.24) is 21.3 Å². The van der Waals surface area contributed by atoms with Gasteiger partial charge in [0.05, 0.1) is 23.9 Å². The average molecular weight is 569 g/mol. The van der Waals surface area contributed by atoms with Crippen molar-refractivity contribution in [2.75, 3.05) is 26.2 Å². The van der Waals surface area contributed by atoms with Crippen LogP contribution in [0.15, 0.2) is 24.3 Å². The lowest BCUT2D eigenvalue weighted by molar-refractivity contribution is -0.122. The molecule has 0 aromatic heterocycles. The molecule has 0 heterocycles. The van der Waals surface area contributed by atoms with Crippen LogP contribution >= 0.6 is 0 Å². The van der Waals surface area contributed by atoms with Gasteiger partial charge in [-0.2, -0.15) is 0 Å². The molecule has 16 nitrogen and oxygen atoms in total. The Morgan fingerprint density at radius 3 is 1.35 bits per heavy atom. The van der Waals surface area contributed by atoms with E-state index in [-0.39, 0.29) is 88.2 Å². The zero-order valence-electron chi connectivity index (χ0n) is 22.5. The number of carbonyl (C=O) groups is 4. The first-order valence-electron chi connectivity index (χ1n) is 12.7. The lowest BCUT2D eigenvalue weighted by Crippen LogP contribution is -2.38. The highest BCUT2D eigenvalue weighted by atomic mass is 16.3. The van der Waals surface area contributed by atoms with Crippen LogP contribution in [0, 0.1) is 10.8 Å². The highest BCUT2D eigenvalue weighted by Crippen LogP contribution is 2.01. The fraction of sp³-hybridized carbons (Fsp3) is 0.583. The maximum Gasteiger partial charge on any atom is 0.244 e. The molecule has 0 saturated heterocycles. The molecule has 16 N–H and O–H groups in total. The van der Waals surface area contributed by atoms with E-state index < -0.39 is 36.1 Å². The number of hydrogen-bond acceptors (Lipinski definition) is 10. The number of aliphatic hydroxyl groups excluding tert-OH is 2. The zero-order chi connectivity index (χ0) is 30.5. The number of hydrogen-bond donors (Lipinski definition) is 12. The summed E-state index contributed by atoms with van der Waals surface area (Å²) in [4.78, 5) is 47.2. The second-order valence-electron chi connectivity index (χ2n) is 9.17. The monoisotopic (exact) mass is 568 g/mol.